The van der Waals surface area contributed by atoms with Crippen molar-refractivity contribution in [1.29, 1.82) is 0 Å². The smallest absolute Gasteiger partial charge is 0.258 e. The number of nitrogens with zero attached hydrogens (tertiary/aromatic N) is 1. The van der Waals surface area contributed by atoms with Crippen LogP contribution in [0, 0.1) is 13.8 Å². The van der Waals surface area contributed by atoms with E-state index in [1.54, 1.807) is 0 Å². The van der Waals surface area contributed by atoms with Crippen LogP contribution >= 0.6 is 15.9 Å². The van der Waals surface area contributed by atoms with Gasteiger partial charge in [-0.25, -0.2) is 0 Å². The highest BCUT2D eigenvalue weighted by Gasteiger charge is 2.20. The van der Waals surface area contributed by atoms with Crippen molar-refractivity contribution in [3.8, 4) is 0 Å². The number of nitrogens with one attached hydrogen (secondary N) is 1. The molecular weight excluding hydrogens is 364 g/mol. The average molecular weight is 389 g/mol. The number of carbonyl (C=O) groups excluding carboxylic acids is 1. The summed E-state index contributed by atoms with van der Waals surface area (Å²) in [5.74, 6) is -0.0998. The summed E-state index contributed by atoms with van der Waals surface area (Å²) >= 11 is 3.63. The third-order valence-electron chi connectivity index (χ3n) is 4.44. The van der Waals surface area contributed by atoms with Gasteiger partial charge in [0.15, 0.2) is 0 Å². The Morgan fingerprint density at radius 1 is 1.04 bits per heavy atom. The first-order valence-corrected chi connectivity index (χ1v) is 9.31. The van der Waals surface area contributed by atoms with Crippen LogP contribution in [0.4, 0.5) is 5.69 Å². The summed E-state index contributed by atoms with van der Waals surface area (Å²) in [5, 5.41) is 3.14. The Balaban J connectivity index is 2.49. The quantitative estimate of drug-likeness (QED) is 0.744. The van der Waals surface area contributed by atoms with E-state index in [9.17, 15) is 4.79 Å². The molecule has 0 saturated heterocycles. The fourth-order valence-electron chi connectivity index (χ4n) is 3.10. The van der Waals surface area contributed by atoms with Gasteiger partial charge >= 0.3 is 0 Å². The molecule has 0 unspecified atom stereocenters. The van der Waals surface area contributed by atoms with Gasteiger partial charge in [0.1, 0.15) is 0 Å². The second kappa shape index (κ2) is 7.93. The molecule has 1 N–H and O–H groups in total. The first-order chi connectivity index (χ1) is 11.4. The van der Waals surface area contributed by atoms with Gasteiger partial charge < -0.3 is 5.32 Å². The van der Waals surface area contributed by atoms with Crippen molar-refractivity contribution in [2.75, 3.05) is 5.32 Å². The van der Waals surface area contributed by atoms with Crippen LogP contribution in [-0.4, -0.2) is 10.9 Å². The number of aromatic nitrogens is 1. The van der Waals surface area contributed by atoms with E-state index < -0.39 is 0 Å². The predicted octanol–water partition coefficient (Wildman–Crippen LogP) is 5.40. The zero-order valence-corrected chi connectivity index (χ0v) is 16.7. The van der Waals surface area contributed by atoms with Crippen LogP contribution in [0.1, 0.15) is 59.2 Å². The molecule has 2 rings (SSSR count). The predicted molar refractivity (Wildman–Crippen MR) is 104 cm³/mol. The number of hydrogen-bond donors (Lipinski definition) is 1. The number of halogens is 1. The second-order valence-corrected chi connectivity index (χ2v) is 6.71. The second-order valence-electron chi connectivity index (χ2n) is 5.92. The number of aryl methyl sites for hydroxylation is 4. The molecular formula is C20H25BrN2O. The minimum absolute atomic E-state index is 0.0998. The molecule has 0 spiro atoms. The van der Waals surface area contributed by atoms with Crippen LogP contribution in [-0.2, 0) is 19.3 Å². The molecule has 1 aromatic carbocycles. The summed E-state index contributed by atoms with van der Waals surface area (Å²) in [4.78, 5) is 17.6. The molecule has 0 saturated carbocycles. The van der Waals surface area contributed by atoms with E-state index in [-0.39, 0.29) is 5.91 Å². The fraction of sp³-hybridized carbons (Fsp3) is 0.400. The lowest BCUT2D eigenvalue weighted by Crippen LogP contribution is -2.18. The first kappa shape index (κ1) is 18.7. The van der Waals surface area contributed by atoms with E-state index in [4.69, 9.17) is 0 Å². The van der Waals surface area contributed by atoms with Crippen LogP contribution in [0.15, 0.2) is 22.7 Å². The normalized spacial score (nSPS) is 10.8. The van der Waals surface area contributed by atoms with Crippen LogP contribution in [0.2, 0.25) is 0 Å². The van der Waals surface area contributed by atoms with Gasteiger partial charge in [0.25, 0.3) is 5.91 Å². The van der Waals surface area contributed by atoms with Crippen molar-refractivity contribution < 1.29 is 4.79 Å². The van der Waals surface area contributed by atoms with Crippen LogP contribution in [0.3, 0.4) is 0 Å². The first-order valence-electron chi connectivity index (χ1n) is 8.52. The molecule has 0 aliphatic heterocycles. The standard InChI is InChI=1S/C20H25BrN2O/c1-6-14-10-9-11-15(7-2)19(14)23-20(24)17-13(5)22-12(4)16(8-3)18(17)21/h9-11H,6-8H2,1-5H3,(H,23,24). The van der Waals surface area contributed by atoms with Gasteiger partial charge in [-0.05, 0) is 65.7 Å². The van der Waals surface area contributed by atoms with Gasteiger partial charge in [0.05, 0.1) is 11.3 Å². The lowest BCUT2D eigenvalue weighted by atomic mass is 10.0. The summed E-state index contributed by atoms with van der Waals surface area (Å²) in [6.45, 7) is 10.2. The lowest BCUT2D eigenvalue weighted by Gasteiger charge is -2.17. The van der Waals surface area contributed by atoms with Gasteiger partial charge in [-0.2, -0.15) is 0 Å². The number of benzene rings is 1. The summed E-state index contributed by atoms with van der Waals surface area (Å²) in [6.07, 6.45) is 2.61. The number of rotatable bonds is 5. The molecule has 4 heteroatoms. The molecule has 0 radical (unpaired) electrons. The largest absolute Gasteiger partial charge is 0.321 e. The summed E-state index contributed by atoms with van der Waals surface area (Å²) < 4.78 is 0.861. The molecule has 128 valence electrons. The Hall–Kier alpha value is -1.68. The highest BCUT2D eigenvalue weighted by atomic mass is 79.9. The Morgan fingerprint density at radius 3 is 2.12 bits per heavy atom. The third-order valence-corrected chi connectivity index (χ3v) is 5.31. The Labute approximate surface area is 153 Å². The van der Waals surface area contributed by atoms with Gasteiger partial charge in [-0.15, -0.1) is 0 Å². The number of carbonyl (C=O) groups is 1. The average Bonchev–Trinajstić information content (AvgIpc) is 2.54. The summed E-state index contributed by atoms with van der Waals surface area (Å²) in [5.41, 5.74) is 6.70. The molecule has 0 atom stereocenters. The highest BCUT2D eigenvalue weighted by Crippen LogP contribution is 2.29. The van der Waals surface area contributed by atoms with E-state index in [2.05, 4.69) is 65.2 Å². The van der Waals surface area contributed by atoms with Crippen molar-refractivity contribution in [2.45, 2.75) is 53.9 Å². The van der Waals surface area contributed by atoms with Crippen LogP contribution in [0.5, 0.6) is 0 Å². The van der Waals surface area contributed by atoms with Crippen LogP contribution < -0.4 is 5.32 Å². The minimum Gasteiger partial charge on any atom is -0.321 e. The monoisotopic (exact) mass is 388 g/mol. The molecule has 0 aliphatic rings. The Kier molecular flexibility index (Phi) is 6.16. The maximum absolute atomic E-state index is 13.0. The van der Waals surface area contributed by atoms with Crippen molar-refractivity contribution in [1.82, 2.24) is 4.98 Å². The number of hydrogen-bond acceptors (Lipinski definition) is 2. The minimum atomic E-state index is -0.0998. The molecule has 1 aromatic heterocycles. The van der Waals surface area contributed by atoms with E-state index in [0.717, 1.165) is 57.5 Å². The molecule has 3 nitrogen and oxygen atoms in total. The zero-order chi connectivity index (χ0) is 17.9. The van der Waals surface area contributed by atoms with Crippen molar-refractivity contribution >= 4 is 27.5 Å². The van der Waals surface area contributed by atoms with E-state index in [1.807, 2.05) is 13.8 Å². The summed E-state index contributed by atoms with van der Waals surface area (Å²) in [7, 11) is 0. The third kappa shape index (κ3) is 3.54. The molecule has 1 heterocycles. The van der Waals surface area contributed by atoms with E-state index in [0.29, 0.717) is 5.56 Å². The Bertz CT molecular complexity index is 746. The van der Waals surface area contributed by atoms with Crippen molar-refractivity contribution in [3.05, 3.63) is 56.3 Å². The van der Waals surface area contributed by atoms with Crippen molar-refractivity contribution in [3.63, 3.8) is 0 Å². The maximum Gasteiger partial charge on any atom is 0.258 e. The molecule has 1 amide bonds. The number of pyridine rings is 1. The molecule has 0 fully saturated rings. The molecule has 2 aromatic rings. The van der Waals surface area contributed by atoms with Crippen molar-refractivity contribution in [2.24, 2.45) is 0 Å². The zero-order valence-electron chi connectivity index (χ0n) is 15.1. The summed E-state index contributed by atoms with van der Waals surface area (Å²) in [6, 6.07) is 6.19. The molecule has 24 heavy (non-hydrogen) atoms. The highest BCUT2D eigenvalue weighted by molar-refractivity contribution is 9.10. The fourth-order valence-corrected chi connectivity index (χ4v) is 4.13. The van der Waals surface area contributed by atoms with Gasteiger partial charge in [0, 0.05) is 15.9 Å². The topological polar surface area (TPSA) is 42.0 Å². The van der Waals surface area contributed by atoms with E-state index >= 15 is 0 Å². The van der Waals surface area contributed by atoms with Gasteiger partial charge in [-0.3, -0.25) is 9.78 Å². The van der Waals surface area contributed by atoms with Gasteiger partial charge in [0.2, 0.25) is 0 Å². The van der Waals surface area contributed by atoms with E-state index in [1.165, 1.54) is 0 Å². The SMILES string of the molecule is CCc1cccc(CC)c1NC(=O)c1c(C)nc(C)c(CC)c1Br. The molecule has 0 bridgehead atoms. The number of anilines is 1. The number of amides is 1. The maximum atomic E-state index is 13.0. The Morgan fingerprint density at radius 2 is 1.62 bits per heavy atom. The lowest BCUT2D eigenvalue weighted by molar-refractivity contribution is 0.102. The number of para-hydroxylation sites is 1. The van der Waals surface area contributed by atoms with Gasteiger partial charge in [-0.1, -0.05) is 39.0 Å². The molecule has 0 aliphatic carbocycles. The van der Waals surface area contributed by atoms with Crippen LogP contribution in [0.25, 0.3) is 0 Å².